The number of nitrogens with zero attached hydrogens (tertiary/aromatic N) is 4. The number of hydrogen-bond acceptors (Lipinski definition) is 4. The molecule has 0 N–H and O–H groups in total. The quantitative estimate of drug-likeness (QED) is 0.463. The van der Waals surface area contributed by atoms with Crippen molar-refractivity contribution in [3.63, 3.8) is 0 Å². The molecule has 4 aromatic rings. The zero-order valence-corrected chi connectivity index (χ0v) is 17.2. The molecule has 4 bridgehead atoms. The Bertz CT molecular complexity index is 1200. The largest absolute Gasteiger partial charge is 0.234 e. The molecule has 4 nitrogen and oxygen atoms in total. The fourth-order valence-electron chi connectivity index (χ4n) is 7.05. The Morgan fingerprint density at radius 2 is 1.62 bits per heavy atom. The van der Waals surface area contributed by atoms with E-state index < -0.39 is 0 Å². The van der Waals surface area contributed by atoms with Gasteiger partial charge in [0.05, 0.1) is 0 Å². The summed E-state index contributed by atoms with van der Waals surface area (Å²) in [4.78, 5) is 0.964. The van der Waals surface area contributed by atoms with Crippen molar-refractivity contribution >= 4 is 27.1 Å². The van der Waals surface area contributed by atoms with Gasteiger partial charge in [0.2, 0.25) is 4.96 Å². The van der Waals surface area contributed by atoms with Crippen LogP contribution in [0.3, 0.4) is 0 Å². The van der Waals surface area contributed by atoms with E-state index >= 15 is 0 Å². The van der Waals surface area contributed by atoms with Crippen LogP contribution in [0.1, 0.15) is 54.9 Å². The lowest BCUT2D eigenvalue weighted by molar-refractivity contribution is -0.0103. The first-order valence-corrected chi connectivity index (χ1v) is 11.8. The van der Waals surface area contributed by atoms with Crippen molar-refractivity contribution in [1.82, 2.24) is 19.8 Å². The van der Waals surface area contributed by atoms with E-state index in [1.807, 2.05) is 0 Å². The summed E-state index contributed by atoms with van der Waals surface area (Å²) in [7, 11) is 0. The van der Waals surface area contributed by atoms with E-state index in [0.29, 0.717) is 0 Å². The van der Waals surface area contributed by atoms with Crippen LogP contribution >= 0.6 is 11.3 Å². The molecular weight excluding hydrogens is 376 g/mol. The van der Waals surface area contributed by atoms with Crippen molar-refractivity contribution in [1.29, 1.82) is 0 Å². The lowest BCUT2D eigenvalue weighted by Gasteiger charge is -2.55. The van der Waals surface area contributed by atoms with Crippen LogP contribution in [0.5, 0.6) is 0 Å². The summed E-state index contributed by atoms with van der Waals surface area (Å²) in [5, 5.41) is 18.1. The van der Waals surface area contributed by atoms with Crippen LogP contribution in [-0.2, 0) is 11.8 Å². The molecule has 4 aliphatic rings. The third-order valence-electron chi connectivity index (χ3n) is 7.77. The second kappa shape index (κ2) is 5.88. The zero-order chi connectivity index (χ0) is 19.0. The molecule has 2 heterocycles. The first-order chi connectivity index (χ1) is 14.3. The van der Waals surface area contributed by atoms with Crippen LogP contribution in [0, 0.1) is 17.8 Å². The molecule has 0 radical (unpaired) electrons. The van der Waals surface area contributed by atoms with Crippen LogP contribution in [-0.4, -0.2) is 19.8 Å². The highest BCUT2D eigenvalue weighted by Crippen LogP contribution is 2.60. The number of rotatable bonds is 3. The molecule has 0 amide bonds. The minimum absolute atomic E-state index is 0.235. The molecule has 0 atom stereocenters. The summed E-state index contributed by atoms with van der Waals surface area (Å²) in [6.45, 7) is 0. The summed E-state index contributed by atoms with van der Waals surface area (Å²) in [6.07, 6.45) is 9.11. The highest BCUT2D eigenvalue weighted by atomic mass is 32.1. The Labute approximate surface area is 174 Å². The molecule has 0 aliphatic heterocycles. The van der Waals surface area contributed by atoms with Gasteiger partial charge in [-0.15, -0.1) is 10.2 Å². The van der Waals surface area contributed by atoms with Gasteiger partial charge in [-0.2, -0.15) is 9.61 Å². The van der Waals surface area contributed by atoms with Gasteiger partial charge in [-0.3, -0.25) is 0 Å². The van der Waals surface area contributed by atoms with Gasteiger partial charge in [-0.25, -0.2) is 0 Å². The molecule has 0 saturated heterocycles. The Kier molecular flexibility index (Phi) is 3.35. The predicted octanol–water partition coefficient (Wildman–Crippen LogP) is 5.40. The highest BCUT2D eigenvalue weighted by molar-refractivity contribution is 7.16. The maximum Gasteiger partial charge on any atom is 0.234 e. The van der Waals surface area contributed by atoms with Crippen molar-refractivity contribution in [2.75, 3.05) is 0 Å². The van der Waals surface area contributed by atoms with E-state index in [1.165, 1.54) is 54.9 Å². The van der Waals surface area contributed by atoms with Crippen molar-refractivity contribution in [2.24, 2.45) is 17.8 Å². The molecule has 4 aliphatic carbocycles. The van der Waals surface area contributed by atoms with Crippen molar-refractivity contribution in [2.45, 2.75) is 50.4 Å². The fourth-order valence-corrected chi connectivity index (χ4v) is 7.91. The van der Waals surface area contributed by atoms with Gasteiger partial charge in [-0.05, 0) is 72.6 Å². The molecule has 8 rings (SSSR count). The fraction of sp³-hybridized carbons (Fsp3) is 0.458. The molecule has 5 heteroatoms. The number of benzene rings is 2. The Hall–Kier alpha value is -2.27. The van der Waals surface area contributed by atoms with E-state index in [0.717, 1.165) is 40.0 Å². The van der Waals surface area contributed by atoms with Crippen LogP contribution < -0.4 is 0 Å². The number of hydrogen-bond donors (Lipinski definition) is 0. The minimum Gasteiger partial charge on any atom is -0.187 e. The van der Waals surface area contributed by atoms with Gasteiger partial charge >= 0.3 is 0 Å². The molecular formula is C24H24N4S. The van der Waals surface area contributed by atoms with Gasteiger partial charge in [0, 0.05) is 11.8 Å². The van der Waals surface area contributed by atoms with Gasteiger partial charge in [0.15, 0.2) is 5.82 Å². The summed E-state index contributed by atoms with van der Waals surface area (Å²) in [5.74, 6) is 3.87. The number of fused-ring (bicyclic) bond motifs is 2. The van der Waals surface area contributed by atoms with Crippen LogP contribution in [0.25, 0.3) is 15.7 Å². The first-order valence-electron chi connectivity index (χ1n) is 10.9. The molecule has 4 fully saturated rings. The normalized spacial score (nSPS) is 30.6. The summed E-state index contributed by atoms with van der Waals surface area (Å²) in [5.41, 5.74) is 1.57. The Morgan fingerprint density at radius 3 is 2.41 bits per heavy atom. The van der Waals surface area contributed by atoms with Crippen molar-refractivity contribution in [3.8, 4) is 0 Å². The highest BCUT2D eigenvalue weighted by Gasteiger charge is 2.54. The second-order valence-corrected chi connectivity index (χ2v) is 10.8. The van der Waals surface area contributed by atoms with E-state index in [-0.39, 0.29) is 5.41 Å². The molecule has 2 aromatic carbocycles. The average molecular weight is 401 g/mol. The third-order valence-corrected chi connectivity index (χ3v) is 8.67. The van der Waals surface area contributed by atoms with Crippen LogP contribution in [0.4, 0.5) is 0 Å². The minimum atomic E-state index is 0.235. The Balaban J connectivity index is 1.28. The van der Waals surface area contributed by atoms with Gasteiger partial charge in [0.25, 0.3) is 0 Å². The van der Waals surface area contributed by atoms with E-state index in [2.05, 4.69) is 52.1 Å². The van der Waals surface area contributed by atoms with E-state index in [1.54, 1.807) is 11.3 Å². The average Bonchev–Trinajstić information content (AvgIpc) is 3.27. The van der Waals surface area contributed by atoms with Gasteiger partial charge in [-0.1, -0.05) is 53.8 Å². The lowest BCUT2D eigenvalue weighted by Crippen LogP contribution is -2.49. The van der Waals surface area contributed by atoms with Crippen molar-refractivity contribution in [3.05, 3.63) is 58.9 Å². The SMILES string of the molecule is c1ccc2c(Cc3nn4c(C56CC7CC(CC(C7)C5)C6)nnc4s3)cccc2c1. The van der Waals surface area contributed by atoms with Crippen molar-refractivity contribution < 1.29 is 0 Å². The molecule has 29 heavy (non-hydrogen) atoms. The monoisotopic (exact) mass is 400 g/mol. The number of aromatic nitrogens is 4. The maximum atomic E-state index is 5.04. The van der Waals surface area contributed by atoms with E-state index in [4.69, 9.17) is 10.2 Å². The molecule has 0 spiro atoms. The van der Waals surface area contributed by atoms with Gasteiger partial charge < -0.3 is 0 Å². The molecule has 146 valence electrons. The molecule has 2 aromatic heterocycles. The molecule has 4 saturated carbocycles. The predicted molar refractivity (Wildman–Crippen MR) is 115 cm³/mol. The summed E-state index contributed by atoms with van der Waals surface area (Å²) >= 11 is 1.70. The summed E-state index contributed by atoms with van der Waals surface area (Å²) in [6, 6.07) is 15.2. The Morgan fingerprint density at radius 1 is 0.897 bits per heavy atom. The zero-order valence-electron chi connectivity index (χ0n) is 16.4. The lowest BCUT2D eigenvalue weighted by atomic mass is 9.49. The standard InChI is InChI=1S/C24H24N4S/c1-2-7-20-18(4-1)5-3-6-19(20)11-21-27-28-22(25-26-23(28)29-21)24-12-15-8-16(13-24)10-17(9-15)14-24/h1-7,15-17H,8-14H2. The summed E-state index contributed by atoms with van der Waals surface area (Å²) < 4.78 is 2.11. The topological polar surface area (TPSA) is 43.1 Å². The van der Waals surface area contributed by atoms with Crippen LogP contribution in [0.15, 0.2) is 42.5 Å². The second-order valence-electron chi connectivity index (χ2n) is 9.73. The van der Waals surface area contributed by atoms with Gasteiger partial charge in [0.1, 0.15) is 5.01 Å². The van der Waals surface area contributed by atoms with E-state index in [9.17, 15) is 0 Å². The smallest absolute Gasteiger partial charge is 0.187 e. The third kappa shape index (κ3) is 2.46. The first kappa shape index (κ1) is 16.5. The maximum absolute atomic E-state index is 5.04. The molecule has 0 unspecified atom stereocenters. The van der Waals surface area contributed by atoms with Crippen LogP contribution in [0.2, 0.25) is 0 Å².